The monoisotopic (exact) mass is 293 g/mol. The Bertz CT molecular complexity index is 484. The molecule has 6 heteroatoms. The fourth-order valence-corrected chi connectivity index (χ4v) is 2.28. The molecule has 0 bridgehead atoms. The summed E-state index contributed by atoms with van der Waals surface area (Å²) < 4.78 is 5.54. The van der Waals surface area contributed by atoms with Gasteiger partial charge in [0.15, 0.2) is 5.11 Å². The molecule has 5 nitrogen and oxygen atoms in total. The third-order valence-corrected chi connectivity index (χ3v) is 3.77. The summed E-state index contributed by atoms with van der Waals surface area (Å²) in [5.74, 6) is -0.432. The number of anilines is 1. The van der Waals surface area contributed by atoms with Gasteiger partial charge in [0, 0.05) is 31.5 Å². The van der Waals surface area contributed by atoms with Gasteiger partial charge in [-0.25, -0.2) is 0 Å². The molecule has 1 heterocycles. The lowest BCUT2D eigenvalue weighted by Gasteiger charge is -2.22. The average molecular weight is 293 g/mol. The minimum atomic E-state index is -0.432. The third-order valence-electron chi connectivity index (χ3n) is 3.35. The van der Waals surface area contributed by atoms with Gasteiger partial charge in [-0.3, -0.25) is 4.79 Å². The topological polar surface area (TPSA) is 67.6 Å². The van der Waals surface area contributed by atoms with Crippen molar-refractivity contribution >= 4 is 28.9 Å². The molecule has 3 N–H and O–H groups in total. The maximum absolute atomic E-state index is 11.0. The molecule has 0 aliphatic carbocycles. The number of hydrogen-bond donors (Lipinski definition) is 2. The van der Waals surface area contributed by atoms with E-state index in [0.29, 0.717) is 10.7 Å². The van der Waals surface area contributed by atoms with Gasteiger partial charge in [-0.15, -0.1) is 0 Å². The minimum Gasteiger partial charge on any atom is -0.376 e. The van der Waals surface area contributed by atoms with Crippen LogP contribution in [-0.4, -0.2) is 37.3 Å². The van der Waals surface area contributed by atoms with Crippen LogP contribution in [0.4, 0.5) is 5.69 Å². The van der Waals surface area contributed by atoms with Crippen LogP contribution in [0, 0.1) is 0 Å². The molecular weight excluding hydrogens is 274 g/mol. The van der Waals surface area contributed by atoms with Crippen molar-refractivity contribution in [1.82, 2.24) is 5.32 Å². The summed E-state index contributed by atoms with van der Waals surface area (Å²) in [7, 11) is 1.88. The normalized spacial score (nSPS) is 17.8. The van der Waals surface area contributed by atoms with E-state index in [-0.39, 0.29) is 6.10 Å². The molecule has 1 fully saturated rings. The molecule has 108 valence electrons. The van der Waals surface area contributed by atoms with E-state index in [4.69, 9.17) is 22.7 Å². The number of nitrogens with one attached hydrogen (secondary N) is 1. The van der Waals surface area contributed by atoms with Gasteiger partial charge in [-0.1, -0.05) is 0 Å². The zero-order chi connectivity index (χ0) is 14.5. The molecule has 0 saturated carbocycles. The number of nitrogens with zero attached hydrogens (tertiary/aromatic N) is 1. The molecule has 0 aromatic heterocycles. The Morgan fingerprint density at radius 3 is 2.75 bits per heavy atom. The van der Waals surface area contributed by atoms with Gasteiger partial charge < -0.3 is 20.7 Å². The van der Waals surface area contributed by atoms with E-state index >= 15 is 0 Å². The van der Waals surface area contributed by atoms with E-state index in [2.05, 4.69) is 5.32 Å². The molecule has 1 aromatic carbocycles. The maximum atomic E-state index is 11.0. The molecule has 1 atom stereocenters. The zero-order valence-corrected chi connectivity index (χ0v) is 12.3. The number of benzene rings is 1. The number of primary amides is 1. The van der Waals surface area contributed by atoms with E-state index in [9.17, 15) is 4.79 Å². The Morgan fingerprint density at radius 2 is 2.20 bits per heavy atom. The van der Waals surface area contributed by atoms with Crippen LogP contribution in [0.15, 0.2) is 24.3 Å². The number of ether oxygens (including phenoxy) is 1. The second kappa shape index (κ2) is 6.67. The highest BCUT2D eigenvalue weighted by Gasteiger charge is 2.16. The summed E-state index contributed by atoms with van der Waals surface area (Å²) in [6, 6.07) is 7.02. The summed E-state index contributed by atoms with van der Waals surface area (Å²) in [4.78, 5) is 12.9. The van der Waals surface area contributed by atoms with E-state index in [1.165, 1.54) is 0 Å². The van der Waals surface area contributed by atoms with E-state index in [1.807, 2.05) is 24.1 Å². The van der Waals surface area contributed by atoms with Crippen LogP contribution in [0.3, 0.4) is 0 Å². The molecule has 0 radical (unpaired) electrons. The average Bonchev–Trinajstić information content (AvgIpc) is 2.97. The van der Waals surface area contributed by atoms with Crippen molar-refractivity contribution in [3.63, 3.8) is 0 Å². The summed E-state index contributed by atoms with van der Waals surface area (Å²) in [5.41, 5.74) is 6.60. The second-order valence-corrected chi connectivity index (χ2v) is 5.18. The highest BCUT2D eigenvalue weighted by molar-refractivity contribution is 7.80. The van der Waals surface area contributed by atoms with E-state index < -0.39 is 5.91 Å². The molecule has 1 aliphatic rings. The van der Waals surface area contributed by atoms with Crippen LogP contribution in [-0.2, 0) is 4.74 Å². The van der Waals surface area contributed by atoms with Gasteiger partial charge in [-0.05, 0) is 49.3 Å². The molecule has 1 aliphatic heterocycles. The lowest BCUT2D eigenvalue weighted by Crippen LogP contribution is -2.40. The first-order chi connectivity index (χ1) is 9.58. The molecular formula is C14H19N3O2S. The fourth-order valence-electron chi connectivity index (χ4n) is 2.09. The number of hydrogen-bond acceptors (Lipinski definition) is 3. The van der Waals surface area contributed by atoms with Gasteiger partial charge in [-0.2, -0.15) is 0 Å². The number of rotatable bonds is 4. The van der Waals surface area contributed by atoms with E-state index in [0.717, 1.165) is 31.7 Å². The van der Waals surface area contributed by atoms with Gasteiger partial charge in [0.25, 0.3) is 0 Å². The van der Waals surface area contributed by atoms with Crippen molar-refractivity contribution in [3.05, 3.63) is 29.8 Å². The highest BCUT2D eigenvalue weighted by Crippen LogP contribution is 2.14. The van der Waals surface area contributed by atoms with Crippen LogP contribution in [0.2, 0.25) is 0 Å². The summed E-state index contributed by atoms with van der Waals surface area (Å²) in [6.07, 6.45) is 2.44. The molecule has 1 unspecified atom stereocenters. The Balaban J connectivity index is 1.90. The van der Waals surface area contributed by atoms with Gasteiger partial charge in [0.1, 0.15) is 0 Å². The van der Waals surface area contributed by atoms with Crippen molar-refractivity contribution in [2.24, 2.45) is 5.73 Å². The first-order valence-corrected chi connectivity index (χ1v) is 7.02. The number of nitrogens with two attached hydrogens (primary N) is 1. The maximum Gasteiger partial charge on any atom is 0.248 e. The zero-order valence-electron chi connectivity index (χ0n) is 11.5. The van der Waals surface area contributed by atoms with Crippen LogP contribution in [0.1, 0.15) is 23.2 Å². The Kier molecular flexibility index (Phi) is 4.92. The number of amides is 1. The SMILES string of the molecule is CN(C(=S)NCC1CCCO1)c1ccc(C(N)=O)cc1. The number of carbonyl (C=O) groups is 1. The summed E-state index contributed by atoms with van der Waals surface area (Å²) >= 11 is 5.35. The van der Waals surface area contributed by atoms with E-state index in [1.54, 1.807) is 12.1 Å². The Labute approximate surface area is 124 Å². The minimum absolute atomic E-state index is 0.249. The number of thiocarbonyl (C=S) groups is 1. The molecule has 2 rings (SSSR count). The summed E-state index contributed by atoms with van der Waals surface area (Å²) in [5, 5.41) is 3.83. The predicted molar refractivity (Wildman–Crippen MR) is 82.9 cm³/mol. The first-order valence-electron chi connectivity index (χ1n) is 6.61. The Morgan fingerprint density at radius 1 is 1.50 bits per heavy atom. The predicted octanol–water partition coefficient (Wildman–Crippen LogP) is 1.28. The fraction of sp³-hybridized carbons (Fsp3) is 0.429. The van der Waals surface area contributed by atoms with Crippen LogP contribution in [0.25, 0.3) is 0 Å². The van der Waals surface area contributed by atoms with Crippen LogP contribution < -0.4 is 16.0 Å². The van der Waals surface area contributed by atoms with Crippen molar-refractivity contribution in [3.8, 4) is 0 Å². The van der Waals surface area contributed by atoms with Crippen LogP contribution >= 0.6 is 12.2 Å². The van der Waals surface area contributed by atoms with Crippen molar-refractivity contribution in [2.45, 2.75) is 18.9 Å². The molecule has 1 saturated heterocycles. The molecule has 1 amide bonds. The van der Waals surface area contributed by atoms with Crippen molar-refractivity contribution in [1.29, 1.82) is 0 Å². The van der Waals surface area contributed by atoms with Crippen LogP contribution in [0.5, 0.6) is 0 Å². The standard InChI is InChI=1S/C14H19N3O2S/c1-17(11-6-4-10(5-7-11)13(15)18)14(20)16-9-12-3-2-8-19-12/h4-7,12H,2-3,8-9H2,1H3,(H2,15,18)(H,16,20). The highest BCUT2D eigenvalue weighted by atomic mass is 32.1. The van der Waals surface area contributed by atoms with Crippen molar-refractivity contribution < 1.29 is 9.53 Å². The quantitative estimate of drug-likeness (QED) is 0.819. The first kappa shape index (κ1) is 14.7. The smallest absolute Gasteiger partial charge is 0.248 e. The summed E-state index contributed by atoms with van der Waals surface area (Å²) in [6.45, 7) is 1.56. The molecule has 1 aromatic rings. The van der Waals surface area contributed by atoms with Gasteiger partial charge in [0.2, 0.25) is 5.91 Å². The number of carbonyl (C=O) groups excluding carboxylic acids is 1. The lowest BCUT2D eigenvalue weighted by atomic mass is 10.2. The largest absolute Gasteiger partial charge is 0.376 e. The second-order valence-electron chi connectivity index (χ2n) is 4.79. The third kappa shape index (κ3) is 3.68. The van der Waals surface area contributed by atoms with Crippen molar-refractivity contribution in [2.75, 3.05) is 25.1 Å². The Hall–Kier alpha value is -1.66. The van der Waals surface area contributed by atoms with Gasteiger partial charge in [0.05, 0.1) is 6.10 Å². The lowest BCUT2D eigenvalue weighted by molar-refractivity contribution is 0.1000. The molecule has 0 spiro atoms. The molecule has 20 heavy (non-hydrogen) atoms. The van der Waals surface area contributed by atoms with Gasteiger partial charge >= 0.3 is 0 Å².